The molecular formula is C21H20N2O6S. The molecule has 2 heterocycles. The second-order valence-electron chi connectivity index (χ2n) is 6.93. The van der Waals surface area contributed by atoms with Crippen molar-refractivity contribution in [3.8, 4) is 0 Å². The van der Waals surface area contributed by atoms with Crippen LogP contribution in [-0.2, 0) is 26.1 Å². The van der Waals surface area contributed by atoms with E-state index in [1.54, 1.807) is 48.5 Å². The van der Waals surface area contributed by atoms with E-state index in [-0.39, 0.29) is 19.7 Å². The molecule has 156 valence electrons. The molecule has 0 atom stereocenters. The first kappa shape index (κ1) is 20.0. The first-order chi connectivity index (χ1) is 14.4. The van der Waals surface area contributed by atoms with Crippen molar-refractivity contribution < 1.29 is 27.5 Å². The second kappa shape index (κ2) is 8.19. The van der Waals surface area contributed by atoms with Gasteiger partial charge >= 0.3 is 21.4 Å². The maximum Gasteiger partial charge on any atom is 0.445 e. The number of ether oxygens (including phenoxy) is 2. The highest BCUT2D eigenvalue weighted by atomic mass is 32.2. The molecule has 0 aliphatic carbocycles. The lowest BCUT2D eigenvalue weighted by Gasteiger charge is -2.30. The highest BCUT2D eigenvalue weighted by molar-refractivity contribution is 8.06. The number of carbonyl (C=O) groups excluding carboxylic acids is 2. The predicted octanol–water partition coefficient (Wildman–Crippen LogP) is 3.01. The zero-order valence-corrected chi connectivity index (χ0v) is 16.9. The fourth-order valence-electron chi connectivity index (χ4n) is 3.38. The van der Waals surface area contributed by atoms with Crippen molar-refractivity contribution in [2.24, 2.45) is 0 Å². The Balaban J connectivity index is 1.56. The molecule has 0 unspecified atom stereocenters. The molecule has 0 N–H and O–H groups in total. The molecule has 9 heteroatoms. The number of rotatable bonds is 5. The van der Waals surface area contributed by atoms with Gasteiger partial charge in [0.15, 0.2) is 0 Å². The Kier molecular flexibility index (Phi) is 5.45. The van der Waals surface area contributed by atoms with Gasteiger partial charge in [-0.15, -0.1) is 0 Å². The second-order valence-corrected chi connectivity index (χ2v) is 8.66. The summed E-state index contributed by atoms with van der Waals surface area (Å²) in [5.41, 5.74) is 2.40. The number of sulfonamides is 1. The number of nitrogens with zero attached hydrogens (tertiary/aromatic N) is 2. The van der Waals surface area contributed by atoms with E-state index >= 15 is 0 Å². The van der Waals surface area contributed by atoms with Gasteiger partial charge in [-0.1, -0.05) is 54.6 Å². The fraction of sp³-hybridized carbons (Fsp3) is 0.238. The van der Waals surface area contributed by atoms with Gasteiger partial charge in [-0.3, -0.25) is 4.31 Å². The standard InChI is InChI=1S/C21H20N2O6S/c24-20-22(10-11-28-20)13-17-12-18-8-4-5-9-19(18)23(14-17)30(26,27)21(25)29-15-16-6-2-1-3-7-16/h1-9,12H,10-11,13-15H2. The van der Waals surface area contributed by atoms with Gasteiger partial charge < -0.3 is 14.4 Å². The molecule has 2 aromatic carbocycles. The lowest BCUT2D eigenvalue weighted by Crippen LogP contribution is -2.41. The van der Waals surface area contributed by atoms with Crippen LogP contribution >= 0.6 is 0 Å². The van der Waals surface area contributed by atoms with Gasteiger partial charge in [0.25, 0.3) is 0 Å². The van der Waals surface area contributed by atoms with Crippen LogP contribution in [0.4, 0.5) is 15.3 Å². The topological polar surface area (TPSA) is 93.2 Å². The molecule has 30 heavy (non-hydrogen) atoms. The largest absolute Gasteiger partial charge is 0.448 e. The van der Waals surface area contributed by atoms with Gasteiger partial charge in [0.2, 0.25) is 0 Å². The summed E-state index contributed by atoms with van der Waals surface area (Å²) >= 11 is 0. The Morgan fingerprint density at radius 1 is 1.07 bits per heavy atom. The van der Waals surface area contributed by atoms with Crippen molar-refractivity contribution in [2.75, 3.05) is 30.5 Å². The van der Waals surface area contributed by atoms with E-state index in [0.29, 0.717) is 35.5 Å². The predicted molar refractivity (Wildman–Crippen MR) is 110 cm³/mol. The summed E-state index contributed by atoms with van der Waals surface area (Å²) in [6.07, 6.45) is 1.40. The highest BCUT2D eigenvalue weighted by Crippen LogP contribution is 2.32. The van der Waals surface area contributed by atoms with Gasteiger partial charge in [0.1, 0.15) is 13.2 Å². The third kappa shape index (κ3) is 4.02. The Morgan fingerprint density at radius 3 is 2.53 bits per heavy atom. The number of fused-ring (bicyclic) bond motifs is 1. The number of para-hydroxylation sites is 1. The minimum Gasteiger partial charge on any atom is -0.448 e. The molecule has 0 bridgehead atoms. The van der Waals surface area contributed by atoms with E-state index in [2.05, 4.69) is 0 Å². The molecule has 1 saturated heterocycles. The van der Waals surface area contributed by atoms with E-state index in [9.17, 15) is 18.0 Å². The summed E-state index contributed by atoms with van der Waals surface area (Å²) in [6, 6.07) is 15.7. The molecule has 0 radical (unpaired) electrons. The third-order valence-corrected chi connectivity index (χ3v) is 6.30. The molecule has 0 saturated carbocycles. The van der Waals surface area contributed by atoms with Crippen molar-refractivity contribution in [1.82, 2.24) is 4.90 Å². The summed E-state index contributed by atoms with van der Waals surface area (Å²) in [5, 5.41) is -1.32. The molecule has 2 aliphatic heterocycles. The summed E-state index contributed by atoms with van der Waals surface area (Å²) in [4.78, 5) is 25.8. The van der Waals surface area contributed by atoms with Gasteiger partial charge in [-0.2, -0.15) is 8.42 Å². The van der Waals surface area contributed by atoms with Gasteiger partial charge in [-0.25, -0.2) is 9.59 Å². The maximum absolute atomic E-state index is 13.0. The molecule has 1 amide bonds. The molecule has 2 aromatic rings. The first-order valence-corrected chi connectivity index (χ1v) is 10.8. The van der Waals surface area contributed by atoms with E-state index < -0.39 is 21.4 Å². The molecule has 0 spiro atoms. The van der Waals surface area contributed by atoms with E-state index in [1.807, 2.05) is 12.1 Å². The van der Waals surface area contributed by atoms with Crippen LogP contribution in [0, 0.1) is 0 Å². The first-order valence-electron chi connectivity index (χ1n) is 9.39. The van der Waals surface area contributed by atoms with Crippen LogP contribution in [0.25, 0.3) is 6.08 Å². The quantitative estimate of drug-likeness (QED) is 0.680. The fourth-order valence-corrected chi connectivity index (χ4v) is 4.53. The number of amides is 1. The van der Waals surface area contributed by atoms with Crippen LogP contribution in [0.2, 0.25) is 0 Å². The van der Waals surface area contributed by atoms with Crippen molar-refractivity contribution in [3.63, 3.8) is 0 Å². The zero-order chi connectivity index (χ0) is 21.1. The maximum atomic E-state index is 13.0. The highest BCUT2D eigenvalue weighted by Gasteiger charge is 2.36. The minimum absolute atomic E-state index is 0.0520. The summed E-state index contributed by atoms with van der Waals surface area (Å²) in [6.45, 7) is 0.763. The van der Waals surface area contributed by atoms with Crippen LogP contribution in [0.5, 0.6) is 0 Å². The van der Waals surface area contributed by atoms with Crippen molar-refractivity contribution >= 4 is 33.2 Å². The minimum atomic E-state index is -4.43. The van der Waals surface area contributed by atoms with Crippen molar-refractivity contribution in [3.05, 3.63) is 71.3 Å². The van der Waals surface area contributed by atoms with E-state index in [1.165, 1.54) is 4.90 Å². The number of benzene rings is 2. The van der Waals surface area contributed by atoms with Crippen LogP contribution in [0.15, 0.2) is 60.2 Å². The van der Waals surface area contributed by atoms with Crippen LogP contribution < -0.4 is 4.31 Å². The summed E-state index contributed by atoms with van der Waals surface area (Å²) < 4.78 is 37.1. The van der Waals surface area contributed by atoms with E-state index in [4.69, 9.17) is 9.47 Å². The lowest BCUT2D eigenvalue weighted by molar-refractivity contribution is 0.160. The summed E-state index contributed by atoms with van der Waals surface area (Å²) in [7, 11) is -4.43. The monoisotopic (exact) mass is 428 g/mol. The molecule has 2 aliphatic rings. The smallest absolute Gasteiger partial charge is 0.445 e. The number of cyclic esters (lactones) is 1. The Bertz CT molecular complexity index is 1100. The van der Waals surface area contributed by atoms with Crippen molar-refractivity contribution in [2.45, 2.75) is 6.61 Å². The molecule has 4 rings (SSSR count). The number of carbonyl (C=O) groups is 2. The van der Waals surface area contributed by atoms with Gasteiger partial charge in [-0.05, 0) is 22.8 Å². The van der Waals surface area contributed by atoms with Crippen LogP contribution in [-0.4, -0.2) is 51.0 Å². The van der Waals surface area contributed by atoms with Gasteiger partial charge in [0, 0.05) is 6.54 Å². The number of anilines is 1. The zero-order valence-electron chi connectivity index (χ0n) is 16.1. The Hall–Kier alpha value is -3.33. The Labute approximate surface area is 174 Å². The SMILES string of the molecule is O=C1OCCN1CC1=Cc2ccccc2N(S(=O)(=O)C(=O)OCc2ccccc2)C1. The average molecular weight is 428 g/mol. The number of hydrogen-bond acceptors (Lipinski definition) is 6. The molecular weight excluding hydrogens is 408 g/mol. The summed E-state index contributed by atoms with van der Waals surface area (Å²) in [5.74, 6) is 0. The molecule has 8 nitrogen and oxygen atoms in total. The average Bonchev–Trinajstić information content (AvgIpc) is 3.16. The Morgan fingerprint density at radius 2 is 1.80 bits per heavy atom. The van der Waals surface area contributed by atoms with Gasteiger partial charge in [0.05, 0.1) is 18.8 Å². The van der Waals surface area contributed by atoms with Crippen LogP contribution in [0.3, 0.4) is 0 Å². The van der Waals surface area contributed by atoms with Crippen LogP contribution in [0.1, 0.15) is 11.1 Å². The van der Waals surface area contributed by atoms with Crippen molar-refractivity contribution in [1.29, 1.82) is 0 Å². The van der Waals surface area contributed by atoms with E-state index in [0.717, 1.165) is 4.31 Å². The molecule has 1 fully saturated rings. The normalized spacial score (nSPS) is 16.0. The third-order valence-electron chi connectivity index (χ3n) is 4.85. The number of hydrogen-bond donors (Lipinski definition) is 0. The lowest BCUT2D eigenvalue weighted by atomic mass is 10.0. The molecule has 0 aromatic heterocycles.